The van der Waals surface area contributed by atoms with E-state index < -0.39 is 10.8 Å². The van der Waals surface area contributed by atoms with Crippen LogP contribution in [0.3, 0.4) is 0 Å². The fourth-order valence-corrected chi connectivity index (χ4v) is 7.53. The molecule has 3 aromatic rings. The van der Waals surface area contributed by atoms with Gasteiger partial charge in [-0.05, 0) is 93.6 Å². The summed E-state index contributed by atoms with van der Waals surface area (Å²) < 4.78 is 21.0. The number of rotatable bonds is 13. The van der Waals surface area contributed by atoms with E-state index in [0.717, 1.165) is 37.4 Å². The molecule has 43 heavy (non-hydrogen) atoms. The lowest BCUT2D eigenvalue weighted by atomic mass is 9.79. The molecule has 0 aliphatic heterocycles. The lowest BCUT2D eigenvalue weighted by Crippen LogP contribution is -2.37. The largest absolute Gasteiger partial charge is 0.488 e. The number of halogens is 1. The van der Waals surface area contributed by atoms with Crippen LogP contribution in [-0.4, -0.2) is 59.8 Å². The van der Waals surface area contributed by atoms with Crippen LogP contribution in [-0.2, 0) is 17.8 Å². The summed E-state index contributed by atoms with van der Waals surface area (Å²) in [6, 6.07) is 5.11. The molecule has 2 aromatic heterocycles. The highest BCUT2D eigenvalue weighted by molar-refractivity contribution is 7.85. The molecular formula is C32H46ClN7O2S. The normalized spacial score (nSPS) is 19.6. The molecule has 1 atom stereocenters. The van der Waals surface area contributed by atoms with E-state index in [2.05, 4.69) is 58.5 Å². The second kappa shape index (κ2) is 13.9. The van der Waals surface area contributed by atoms with Gasteiger partial charge in [0.05, 0.1) is 34.5 Å². The zero-order valence-electron chi connectivity index (χ0n) is 26.3. The maximum absolute atomic E-state index is 13.0. The Balaban J connectivity index is 1.36. The van der Waals surface area contributed by atoms with Crippen molar-refractivity contribution >= 4 is 45.5 Å². The van der Waals surface area contributed by atoms with Gasteiger partial charge < -0.3 is 20.3 Å². The van der Waals surface area contributed by atoms with E-state index in [1.165, 1.54) is 36.8 Å². The van der Waals surface area contributed by atoms with Gasteiger partial charge in [0.2, 0.25) is 5.95 Å². The standard InChI is InChI=1S/C32H46ClN7O2S/c1-7-40(8-2)23-11-9-22(10-12-23)25-16-29(42-24-13-14-24)27(15-21(25)5)36-32-34-17-26(33)30(37-32)35-28-18-39(6)38-31(28)43(41)19-20(3)4/h15-18,20,22-24H,7-14,19H2,1-6H3,(H2,34,35,36,37). The van der Waals surface area contributed by atoms with Gasteiger partial charge in [-0.1, -0.05) is 39.3 Å². The average Bonchev–Trinajstić information content (AvgIpc) is 3.71. The summed E-state index contributed by atoms with van der Waals surface area (Å²) in [5.41, 5.74) is 4.09. The molecule has 2 N–H and O–H groups in total. The van der Waals surface area contributed by atoms with E-state index in [1.807, 2.05) is 13.8 Å². The van der Waals surface area contributed by atoms with E-state index in [4.69, 9.17) is 21.3 Å². The summed E-state index contributed by atoms with van der Waals surface area (Å²) in [4.78, 5) is 11.8. The van der Waals surface area contributed by atoms with Crippen molar-refractivity contribution in [3.05, 3.63) is 40.7 Å². The topological polar surface area (TPSA) is 97.2 Å². The lowest BCUT2D eigenvalue weighted by Gasteiger charge is -2.36. The quantitative estimate of drug-likeness (QED) is 0.203. The molecule has 9 nitrogen and oxygen atoms in total. The predicted octanol–water partition coefficient (Wildman–Crippen LogP) is 7.33. The number of hydrogen-bond donors (Lipinski definition) is 2. The van der Waals surface area contributed by atoms with Crippen molar-refractivity contribution in [1.82, 2.24) is 24.6 Å². The zero-order valence-corrected chi connectivity index (χ0v) is 27.9. The number of benzene rings is 1. The predicted molar refractivity (Wildman–Crippen MR) is 176 cm³/mol. The maximum Gasteiger partial charge on any atom is 0.229 e. The number of nitrogens with one attached hydrogen (secondary N) is 2. The van der Waals surface area contributed by atoms with Crippen LogP contribution in [0.4, 0.5) is 23.1 Å². The Hall–Kier alpha value is -2.69. The van der Waals surface area contributed by atoms with Gasteiger partial charge in [-0.15, -0.1) is 0 Å². The van der Waals surface area contributed by atoms with Crippen LogP contribution in [0.25, 0.3) is 0 Å². The molecular weight excluding hydrogens is 582 g/mol. The number of aryl methyl sites for hydroxylation is 2. The lowest BCUT2D eigenvalue weighted by molar-refractivity contribution is 0.163. The number of anilines is 4. The first-order valence-corrected chi connectivity index (χ1v) is 17.4. The van der Waals surface area contributed by atoms with Crippen LogP contribution in [0.15, 0.2) is 29.6 Å². The van der Waals surface area contributed by atoms with E-state index in [1.54, 1.807) is 24.1 Å². The van der Waals surface area contributed by atoms with Gasteiger partial charge in [-0.2, -0.15) is 10.1 Å². The molecule has 1 aromatic carbocycles. The first-order chi connectivity index (χ1) is 20.6. The van der Waals surface area contributed by atoms with Crippen molar-refractivity contribution in [3.63, 3.8) is 0 Å². The Morgan fingerprint density at radius 3 is 2.47 bits per heavy atom. The maximum atomic E-state index is 13.0. The number of ether oxygens (including phenoxy) is 1. The second-order valence-electron chi connectivity index (χ2n) is 12.3. The van der Waals surface area contributed by atoms with Crippen LogP contribution in [0.2, 0.25) is 5.02 Å². The minimum atomic E-state index is -1.25. The van der Waals surface area contributed by atoms with Crippen LogP contribution in [0.5, 0.6) is 5.75 Å². The molecule has 0 radical (unpaired) electrons. The van der Waals surface area contributed by atoms with Crippen LogP contribution >= 0.6 is 11.6 Å². The summed E-state index contributed by atoms with van der Waals surface area (Å²) in [6.45, 7) is 13.0. The van der Waals surface area contributed by atoms with Crippen molar-refractivity contribution < 1.29 is 8.95 Å². The third kappa shape index (κ3) is 7.88. The molecule has 0 spiro atoms. The van der Waals surface area contributed by atoms with Gasteiger partial charge in [0.25, 0.3) is 0 Å². The van der Waals surface area contributed by atoms with Crippen molar-refractivity contribution in [2.75, 3.05) is 29.5 Å². The summed E-state index contributed by atoms with van der Waals surface area (Å²) in [6.07, 6.45) is 10.6. The molecule has 1 unspecified atom stereocenters. The molecule has 234 valence electrons. The Morgan fingerprint density at radius 1 is 1.09 bits per heavy atom. The monoisotopic (exact) mass is 627 g/mol. The van der Waals surface area contributed by atoms with Gasteiger partial charge in [0.1, 0.15) is 10.8 Å². The SMILES string of the molecule is CCN(CC)C1CCC(c2cc(OC3CC3)c(Nc3ncc(Cl)c(Nc4cn(C)nc4S(=O)CC(C)C)n3)cc2C)CC1. The summed E-state index contributed by atoms with van der Waals surface area (Å²) in [7, 11) is 0.553. The van der Waals surface area contributed by atoms with Crippen LogP contribution in [0, 0.1) is 12.8 Å². The average molecular weight is 628 g/mol. The zero-order chi connectivity index (χ0) is 30.7. The highest BCUT2D eigenvalue weighted by Gasteiger charge is 2.29. The molecule has 2 fully saturated rings. The Kier molecular flexibility index (Phi) is 10.3. The molecule has 0 saturated heterocycles. The van der Waals surface area contributed by atoms with Crippen LogP contribution < -0.4 is 15.4 Å². The minimum Gasteiger partial charge on any atom is -0.488 e. The molecule has 5 rings (SSSR count). The van der Waals surface area contributed by atoms with Crippen molar-refractivity contribution in [3.8, 4) is 5.75 Å². The van der Waals surface area contributed by atoms with E-state index in [0.29, 0.717) is 45.2 Å². The van der Waals surface area contributed by atoms with Crippen LogP contribution in [0.1, 0.15) is 83.3 Å². The fourth-order valence-electron chi connectivity index (χ4n) is 6.06. The number of hydrogen-bond acceptors (Lipinski definition) is 8. The summed E-state index contributed by atoms with van der Waals surface area (Å²) in [5, 5.41) is 11.9. The summed E-state index contributed by atoms with van der Waals surface area (Å²) in [5.74, 6) is 3.00. The molecule has 2 saturated carbocycles. The molecule has 2 aliphatic rings. The van der Waals surface area contributed by atoms with Gasteiger partial charge in [-0.25, -0.2) is 4.98 Å². The van der Waals surface area contributed by atoms with Crippen molar-refractivity contribution in [2.45, 2.75) is 96.2 Å². The third-order valence-electron chi connectivity index (χ3n) is 8.39. The van der Waals surface area contributed by atoms with Crippen molar-refractivity contribution in [2.24, 2.45) is 13.0 Å². The molecule has 2 heterocycles. The highest BCUT2D eigenvalue weighted by Crippen LogP contribution is 2.42. The van der Waals surface area contributed by atoms with Gasteiger partial charge in [0, 0.05) is 25.0 Å². The van der Waals surface area contributed by atoms with E-state index >= 15 is 0 Å². The molecule has 2 aliphatic carbocycles. The second-order valence-corrected chi connectivity index (χ2v) is 14.1. The Morgan fingerprint density at radius 2 is 1.81 bits per heavy atom. The summed E-state index contributed by atoms with van der Waals surface area (Å²) >= 11 is 6.51. The van der Waals surface area contributed by atoms with Crippen molar-refractivity contribution in [1.29, 1.82) is 0 Å². The fraction of sp³-hybridized carbons (Fsp3) is 0.594. The Labute approximate surface area is 263 Å². The van der Waals surface area contributed by atoms with Gasteiger partial charge >= 0.3 is 0 Å². The minimum absolute atomic E-state index is 0.258. The first kappa shape index (κ1) is 31.7. The van der Waals surface area contributed by atoms with Gasteiger partial charge in [-0.3, -0.25) is 8.89 Å². The number of aromatic nitrogens is 4. The molecule has 11 heteroatoms. The molecule has 0 amide bonds. The third-order valence-corrected chi connectivity index (χ3v) is 10.4. The van der Waals surface area contributed by atoms with E-state index in [-0.39, 0.29) is 12.0 Å². The smallest absolute Gasteiger partial charge is 0.229 e. The Bertz CT molecular complexity index is 1430. The number of nitrogens with zero attached hydrogens (tertiary/aromatic N) is 5. The van der Waals surface area contributed by atoms with Gasteiger partial charge in [0.15, 0.2) is 10.8 Å². The molecule has 0 bridgehead atoms. The first-order valence-electron chi connectivity index (χ1n) is 15.7. The highest BCUT2D eigenvalue weighted by atomic mass is 35.5. The van der Waals surface area contributed by atoms with E-state index in [9.17, 15) is 4.21 Å².